The summed E-state index contributed by atoms with van der Waals surface area (Å²) in [5.74, 6) is 1.00. The fourth-order valence-corrected chi connectivity index (χ4v) is 3.37. The van der Waals surface area contributed by atoms with Crippen LogP contribution in [0.5, 0.6) is 0 Å². The molecule has 0 aromatic rings. The van der Waals surface area contributed by atoms with Crippen molar-refractivity contribution in [2.24, 2.45) is 11.1 Å². The number of ether oxygens (including phenoxy) is 2. The molecule has 2 fully saturated rings. The number of likely N-dealkylation sites (tertiary alicyclic amines) is 1. The highest BCUT2D eigenvalue weighted by molar-refractivity contribution is 5.79. The van der Waals surface area contributed by atoms with E-state index in [1.807, 2.05) is 0 Å². The number of nitrogens with one attached hydrogen (secondary N) is 1. The van der Waals surface area contributed by atoms with Crippen LogP contribution in [0.4, 0.5) is 0 Å². The summed E-state index contributed by atoms with van der Waals surface area (Å²) in [5.41, 5.74) is 0. The van der Waals surface area contributed by atoms with Gasteiger partial charge in [-0.2, -0.15) is 0 Å². The Hall–Kier alpha value is -0.850. The monoisotopic (exact) mass is 297 g/mol. The van der Waals surface area contributed by atoms with Crippen molar-refractivity contribution in [3.05, 3.63) is 0 Å². The Morgan fingerprint density at radius 1 is 1.29 bits per heavy atom. The Morgan fingerprint density at radius 2 is 2.14 bits per heavy atom. The van der Waals surface area contributed by atoms with E-state index >= 15 is 0 Å². The van der Waals surface area contributed by atoms with Crippen LogP contribution in [-0.2, 0) is 14.3 Å². The number of oxime groups is 1. The number of piperidine rings is 2. The summed E-state index contributed by atoms with van der Waals surface area (Å²) in [7, 11) is 1.76. The summed E-state index contributed by atoms with van der Waals surface area (Å²) in [6, 6.07) is 0. The van der Waals surface area contributed by atoms with E-state index in [2.05, 4.69) is 15.4 Å². The van der Waals surface area contributed by atoms with Gasteiger partial charge in [0.15, 0.2) is 6.61 Å². The molecule has 0 aliphatic carbocycles. The highest BCUT2D eigenvalue weighted by Crippen LogP contribution is 2.20. The molecule has 0 amide bonds. The number of rotatable bonds is 4. The Balaban J connectivity index is 1.51. The van der Waals surface area contributed by atoms with Crippen molar-refractivity contribution in [1.82, 2.24) is 10.2 Å². The third kappa shape index (κ3) is 4.08. The predicted octanol–water partition coefficient (Wildman–Crippen LogP) is 0.826. The second kappa shape index (κ2) is 7.42. The molecular weight excluding hydrogens is 270 g/mol. The van der Waals surface area contributed by atoms with E-state index in [0.29, 0.717) is 6.61 Å². The van der Waals surface area contributed by atoms with Gasteiger partial charge < -0.3 is 19.6 Å². The smallest absolute Gasteiger partial charge is 0.230 e. The predicted molar refractivity (Wildman–Crippen MR) is 80.3 cm³/mol. The highest BCUT2D eigenvalue weighted by atomic mass is 16.7. The number of nitrogens with zero attached hydrogens (tertiary/aromatic N) is 2. The molecule has 0 radical (unpaired) electrons. The second-order valence-electron chi connectivity index (χ2n) is 6.28. The molecule has 0 saturated carbocycles. The molecule has 3 atom stereocenters. The summed E-state index contributed by atoms with van der Waals surface area (Å²) in [6.07, 6.45) is 5.25. The molecule has 3 unspecified atom stereocenters. The van der Waals surface area contributed by atoms with Crippen molar-refractivity contribution in [3.63, 3.8) is 0 Å². The molecule has 21 heavy (non-hydrogen) atoms. The minimum absolute atomic E-state index is 0.110. The second-order valence-corrected chi connectivity index (χ2v) is 6.28. The van der Waals surface area contributed by atoms with E-state index in [-0.39, 0.29) is 18.1 Å². The van der Waals surface area contributed by atoms with E-state index in [1.165, 1.54) is 32.4 Å². The minimum atomic E-state index is 0.110. The molecule has 0 bridgehead atoms. The topological polar surface area (TPSA) is 55.3 Å². The maximum absolute atomic E-state index is 6.11. The van der Waals surface area contributed by atoms with Crippen LogP contribution in [-0.4, -0.2) is 69.4 Å². The summed E-state index contributed by atoms with van der Waals surface area (Å²) in [4.78, 5) is 7.91. The van der Waals surface area contributed by atoms with Crippen molar-refractivity contribution in [2.45, 2.75) is 37.9 Å². The third-order valence-corrected chi connectivity index (χ3v) is 4.61. The zero-order chi connectivity index (χ0) is 14.5. The molecule has 0 spiro atoms. The van der Waals surface area contributed by atoms with Gasteiger partial charge in [-0.15, -0.1) is 0 Å². The van der Waals surface area contributed by atoms with Gasteiger partial charge >= 0.3 is 0 Å². The molecule has 2 saturated heterocycles. The molecule has 3 rings (SSSR count). The van der Waals surface area contributed by atoms with Crippen LogP contribution in [0.15, 0.2) is 5.16 Å². The average Bonchev–Trinajstić information content (AvgIpc) is 2.56. The first-order valence-electron chi connectivity index (χ1n) is 8.17. The first kappa shape index (κ1) is 15.1. The van der Waals surface area contributed by atoms with Crippen molar-refractivity contribution < 1.29 is 14.3 Å². The van der Waals surface area contributed by atoms with Crippen LogP contribution in [0.3, 0.4) is 0 Å². The maximum atomic E-state index is 6.11. The van der Waals surface area contributed by atoms with Crippen LogP contribution < -0.4 is 5.32 Å². The lowest BCUT2D eigenvalue weighted by Crippen LogP contribution is -2.47. The molecule has 0 aromatic heterocycles. The maximum Gasteiger partial charge on any atom is 0.230 e. The number of methoxy groups -OCH3 is 1. The fourth-order valence-electron chi connectivity index (χ4n) is 3.37. The highest BCUT2D eigenvalue weighted by Gasteiger charge is 2.31. The third-order valence-electron chi connectivity index (χ3n) is 4.61. The van der Waals surface area contributed by atoms with Crippen molar-refractivity contribution in [3.8, 4) is 0 Å². The quantitative estimate of drug-likeness (QED) is 0.833. The number of hydrogen-bond acceptors (Lipinski definition) is 6. The summed E-state index contributed by atoms with van der Waals surface area (Å²) in [5, 5.41) is 7.52. The van der Waals surface area contributed by atoms with Crippen LogP contribution >= 0.6 is 0 Å². The van der Waals surface area contributed by atoms with Gasteiger partial charge in [0.25, 0.3) is 0 Å². The zero-order valence-electron chi connectivity index (χ0n) is 12.9. The number of hydrogen-bond donors (Lipinski definition) is 1. The van der Waals surface area contributed by atoms with Crippen LogP contribution in [0.1, 0.15) is 25.7 Å². The van der Waals surface area contributed by atoms with E-state index in [9.17, 15) is 0 Å². The van der Waals surface area contributed by atoms with E-state index in [4.69, 9.17) is 14.3 Å². The Labute approximate surface area is 126 Å². The van der Waals surface area contributed by atoms with Gasteiger partial charge in [0.1, 0.15) is 6.10 Å². The SMILES string of the molecule is COC1CNCC(C2=NOCC(CN3CCCCC3)O2)C1. The molecular formula is C15H27N3O3. The first-order chi connectivity index (χ1) is 10.3. The van der Waals surface area contributed by atoms with Crippen molar-refractivity contribution >= 4 is 5.90 Å². The molecule has 6 nitrogen and oxygen atoms in total. The van der Waals surface area contributed by atoms with Crippen LogP contribution in [0, 0.1) is 5.92 Å². The van der Waals surface area contributed by atoms with E-state index in [1.54, 1.807) is 7.11 Å². The van der Waals surface area contributed by atoms with Crippen molar-refractivity contribution in [2.75, 3.05) is 46.4 Å². The Kier molecular flexibility index (Phi) is 5.32. The summed E-state index contributed by atoms with van der Waals surface area (Å²) < 4.78 is 11.5. The first-order valence-corrected chi connectivity index (χ1v) is 8.17. The van der Waals surface area contributed by atoms with Crippen LogP contribution in [0.25, 0.3) is 0 Å². The lowest BCUT2D eigenvalue weighted by Gasteiger charge is -2.35. The molecule has 6 heteroatoms. The van der Waals surface area contributed by atoms with E-state index < -0.39 is 0 Å². The zero-order valence-corrected chi connectivity index (χ0v) is 12.9. The van der Waals surface area contributed by atoms with Gasteiger partial charge in [-0.1, -0.05) is 11.6 Å². The lowest BCUT2D eigenvalue weighted by atomic mass is 9.97. The van der Waals surface area contributed by atoms with Crippen LogP contribution in [0.2, 0.25) is 0 Å². The minimum Gasteiger partial charge on any atom is -0.470 e. The molecule has 0 aromatic carbocycles. The molecule has 120 valence electrons. The molecule has 3 aliphatic heterocycles. The lowest BCUT2D eigenvalue weighted by molar-refractivity contribution is -0.0198. The van der Waals surface area contributed by atoms with Gasteiger partial charge in [-0.25, -0.2) is 0 Å². The normalized spacial score (nSPS) is 34.7. The van der Waals surface area contributed by atoms with Crippen molar-refractivity contribution in [1.29, 1.82) is 0 Å². The van der Waals surface area contributed by atoms with Gasteiger partial charge in [-0.3, -0.25) is 4.90 Å². The van der Waals surface area contributed by atoms with Gasteiger partial charge in [0.05, 0.1) is 12.0 Å². The Bertz CT molecular complexity index is 358. The average molecular weight is 297 g/mol. The van der Waals surface area contributed by atoms with Gasteiger partial charge in [-0.05, 0) is 32.4 Å². The molecule has 1 N–H and O–H groups in total. The summed E-state index contributed by atoms with van der Waals surface area (Å²) >= 11 is 0. The molecule has 3 heterocycles. The van der Waals surface area contributed by atoms with Gasteiger partial charge in [0, 0.05) is 26.7 Å². The largest absolute Gasteiger partial charge is 0.470 e. The molecule has 3 aliphatic rings. The van der Waals surface area contributed by atoms with Gasteiger partial charge in [0.2, 0.25) is 5.90 Å². The fraction of sp³-hybridized carbons (Fsp3) is 0.933. The van der Waals surface area contributed by atoms with E-state index in [0.717, 1.165) is 32.0 Å². The standard InChI is InChI=1S/C15H27N3O3/c1-19-13-7-12(8-16-9-13)15-17-20-11-14(21-15)10-18-5-3-2-4-6-18/h12-14,16H,2-11H2,1H3. The Morgan fingerprint density at radius 3 is 2.95 bits per heavy atom. The summed E-state index contributed by atoms with van der Waals surface area (Å²) in [6.45, 7) is 5.67.